The van der Waals surface area contributed by atoms with Crippen molar-refractivity contribution in [1.82, 2.24) is 24.9 Å². The maximum absolute atomic E-state index is 12.9. The molecule has 0 aliphatic carbocycles. The number of aromatic nitrogens is 4. The molecule has 1 N–H and O–H groups in total. The van der Waals surface area contributed by atoms with Gasteiger partial charge in [-0.05, 0) is 26.0 Å². The molecule has 0 fully saturated rings. The van der Waals surface area contributed by atoms with E-state index in [1.165, 1.54) is 0 Å². The number of nitrogens with zero attached hydrogens (tertiary/aromatic N) is 4. The van der Waals surface area contributed by atoms with Gasteiger partial charge in [-0.25, -0.2) is 17.6 Å². The van der Waals surface area contributed by atoms with Gasteiger partial charge in [-0.15, -0.1) is 0 Å². The molecular weight excluding hydrogens is 330 g/mol. The average Bonchev–Trinajstić information content (AvgIpc) is 3.12. The van der Waals surface area contributed by atoms with E-state index in [4.69, 9.17) is 0 Å². The fourth-order valence-electron chi connectivity index (χ4n) is 2.33. The first-order chi connectivity index (χ1) is 11.3. The molecule has 2 heterocycles. The Morgan fingerprint density at radius 3 is 2.50 bits per heavy atom. The van der Waals surface area contributed by atoms with Crippen LogP contribution in [0.5, 0.6) is 0 Å². The lowest BCUT2D eigenvalue weighted by Crippen LogP contribution is -2.32. The zero-order valence-corrected chi connectivity index (χ0v) is 13.1. The average molecular weight is 347 g/mol. The summed E-state index contributed by atoms with van der Waals surface area (Å²) in [5.74, 6) is -0.614. The van der Waals surface area contributed by atoms with Crippen LogP contribution in [0.1, 0.15) is 49.8 Å². The second-order valence-corrected chi connectivity index (χ2v) is 5.11. The summed E-state index contributed by atoms with van der Waals surface area (Å²) in [6, 6.07) is 1.92. The fourth-order valence-corrected chi connectivity index (χ4v) is 2.33. The smallest absolute Gasteiger partial charge is 0.282 e. The van der Waals surface area contributed by atoms with Crippen LogP contribution in [0.2, 0.25) is 0 Å². The highest BCUT2D eigenvalue weighted by molar-refractivity contribution is 5.76. The van der Waals surface area contributed by atoms with E-state index >= 15 is 0 Å². The number of amides is 1. The number of rotatable bonds is 7. The van der Waals surface area contributed by atoms with Crippen molar-refractivity contribution in [2.75, 3.05) is 0 Å². The molecule has 1 amide bonds. The standard InChI is InChI=1S/C14H17F4N5O/c1-3-22-10(4-5-19-22)8(2)20-12(24)7-23-11(14(17)18)6-9(21-23)13(15)16/h4-6,8,13-14H,3,7H2,1-2H3,(H,20,24). The summed E-state index contributed by atoms with van der Waals surface area (Å²) in [4.78, 5) is 12.0. The maximum atomic E-state index is 12.9. The molecule has 0 aliphatic rings. The molecule has 24 heavy (non-hydrogen) atoms. The minimum Gasteiger partial charge on any atom is -0.346 e. The zero-order chi connectivity index (χ0) is 17.9. The van der Waals surface area contributed by atoms with E-state index in [1.54, 1.807) is 23.9 Å². The van der Waals surface area contributed by atoms with Gasteiger partial charge in [0, 0.05) is 12.7 Å². The number of carbonyl (C=O) groups excluding carboxylic acids is 1. The molecule has 0 spiro atoms. The Kier molecular flexibility index (Phi) is 5.58. The van der Waals surface area contributed by atoms with Crippen LogP contribution in [0, 0.1) is 0 Å². The normalized spacial score (nSPS) is 12.8. The fraction of sp³-hybridized carbons (Fsp3) is 0.500. The predicted octanol–water partition coefficient (Wildman–Crippen LogP) is 2.85. The highest BCUT2D eigenvalue weighted by Crippen LogP contribution is 2.25. The molecule has 1 unspecified atom stereocenters. The van der Waals surface area contributed by atoms with Gasteiger partial charge in [-0.1, -0.05) is 0 Å². The quantitative estimate of drug-likeness (QED) is 0.784. The Morgan fingerprint density at radius 1 is 1.21 bits per heavy atom. The Labute approximate surface area is 135 Å². The van der Waals surface area contributed by atoms with E-state index in [2.05, 4.69) is 15.5 Å². The molecule has 10 heteroatoms. The molecule has 132 valence electrons. The molecule has 6 nitrogen and oxygen atoms in total. The molecule has 0 bridgehead atoms. The zero-order valence-electron chi connectivity index (χ0n) is 13.1. The van der Waals surface area contributed by atoms with Crippen LogP contribution < -0.4 is 5.32 Å². The van der Waals surface area contributed by atoms with Crippen molar-refractivity contribution in [2.45, 2.75) is 45.8 Å². The van der Waals surface area contributed by atoms with Gasteiger partial charge >= 0.3 is 0 Å². The lowest BCUT2D eigenvalue weighted by Gasteiger charge is -2.16. The van der Waals surface area contributed by atoms with Crippen molar-refractivity contribution in [3.8, 4) is 0 Å². The molecule has 0 aliphatic heterocycles. The molecule has 2 rings (SSSR count). The summed E-state index contributed by atoms with van der Waals surface area (Å²) in [6.07, 6.45) is -4.40. The number of hydrogen-bond acceptors (Lipinski definition) is 3. The summed E-state index contributed by atoms with van der Waals surface area (Å²) >= 11 is 0. The van der Waals surface area contributed by atoms with Crippen LogP contribution >= 0.6 is 0 Å². The molecule has 0 aromatic carbocycles. The largest absolute Gasteiger partial charge is 0.346 e. The SMILES string of the molecule is CCn1nccc1C(C)NC(=O)Cn1nc(C(F)F)cc1C(F)F. The first-order valence-corrected chi connectivity index (χ1v) is 7.28. The molecule has 0 saturated heterocycles. The lowest BCUT2D eigenvalue weighted by atomic mass is 10.2. The Bertz CT molecular complexity index is 697. The van der Waals surface area contributed by atoms with Crippen LogP contribution in [0.3, 0.4) is 0 Å². The predicted molar refractivity (Wildman–Crippen MR) is 76.6 cm³/mol. The highest BCUT2D eigenvalue weighted by Gasteiger charge is 2.23. The number of halogens is 4. The van der Waals surface area contributed by atoms with Crippen molar-refractivity contribution >= 4 is 5.91 Å². The summed E-state index contributed by atoms with van der Waals surface area (Å²) < 4.78 is 53.3. The Morgan fingerprint density at radius 2 is 1.92 bits per heavy atom. The highest BCUT2D eigenvalue weighted by atomic mass is 19.3. The molecule has 0 saturated carbocycles. The van der Waals surface area contributed by atoms with Crippen LogP contribution in [-0.2, 0) is 17.9 Å². The number of aryl methyl sites for hydroxylation is 1. The van der Waals surface area contributed by atoms with E-state index in [-0.39, 0.29) is 0 Å². The van der Waals surface area contributed by atoms with Gasteiger partial charge in [0.2, 0.25) is 5.91 Å². The van der Waals surface area contributed by atoms with Crippen molar-refractivity contribution < 1.29 is 22.4 Å². The first-order valence-electron chi connectivity index (χ1n) is 7.28. The molecule has 1 atom stereocenters. The van der Waals surface area contributed by atoms with E-state index in [9.17, 15) is 22.4 Å². The van der Waals surface area contributed by atoms with Crippen LogP contribution in [0.15, 0.2) is 18.3 Å². The van der Waals surface area contributed by atoms with E-state index in [0.717, 1.165) is 5.69 Å². The summed E-state index contributed by atoms with van der Waals surface area (Å²) in [5, 5.41) is 10.1. The van der Waals surface area contributed by atoms with E-state index in [1.807, 2.05) is 6.92 Å². The second kappa shape index (κ2) is 7.45. The monoisotopic (exact) mass is 347 g/mol. The third-order valence-corrected chi connectivity index (χ3v) is 3.44. The number of carbonyl (C=O) groups is 1. The van der Waals surface area contributed by atoms with Gasteiger partial charge in [0.15, 0.2) is 0 Å². The summed E-state index contributed by atoms with van der Waals surface area (Å²) in [6.45, 7) is 3.63. The Hall–Kier alpha value is -2.39. The third kappa shape index (κ3) is 3.92. The summed E-state index contributed by atoms with van der Waals surface area (Å²) in [5.41, 5.74) is -0.754. The molecule has 0 radical (unpaired) electrons. The lowest BCUT2D eigenvalue weighted by molar-refractivity contribution is -0.122. The topological polar surface area (TPSA) is 64.7 Å². The van der Waals surface area contributed by atoms with Crippen molar-refractivity contribution in [2.24, 2.45) is 0 Å². The third-order valence-electron chi connectivity index (χ3n) is 3.44. The second-order valence-electron chi connectivity index (χ2n) is 5.11. The van der Waals surface area contributed by atoms with E-state index in [0.29, 0.717) is 17.3 Å². The van der Waals surface area contributed by atoms with Crippen molar-refractivity contribution in [3.63, 3.8) is 0 Å². The maximum Gasteiger partial charge on any atom is 0.282 e. The van der Waals surface area contributed by atoms with E-state index < -0.39 is 42.7 Å². The first kappa shape index (κ1) is 18.0. The minimum absolute atomic E-state index is 0.417. The number of hydrogen-bond donors (Lipinski definition) is 1. The summed E-state index contributed by atoms with van der Waals surface area (Å²) in [7, 11) is 0. The van der Waals surface area contributed by atoms with Gasteiger partial charge in [0.25, 0.3) is 12.9 Å². The van der Waals surface area contributed by atoms with Gasteiger partial charge in [-0.2, -0.15) is 10.2 Å². The van der Waals surface area contributed by atoms with Crippen molar-refractivity contribution in [1.29, 1.82) is 0 Å². The van der Waals surface area contributed by atoms with Crippen LogP contribution in [-0.4, -0.2) is 25.5 Å². The van der Waals surface area contributed by atoms with Gasteiger partial charge in [-0.3, -0.25) is 14.2 Å². The van der Waals surface area contributed by atoms with Crippen LogP contribution in [0.25, 0.3) is 0 Å². The van der Waals surface area contributed by atoms with Crippen LogP contribution in [0.4, 0.5) is 17.6 Å². The number of alkyl halides is 4. The van der Waals surface area contributed by atoms with Gasteiger partial charge in [0.05, 0.1) is 11.7 Å². The Balaban J connectivity index is 2.09. The molecule has 2 aromatic heterocycles. The minimum atomic E-state index is -3.00. The number of nitrogens with one attached hydrogen (secondary N) is 1. The van der Waals surface area contributed by atoms with Gasteiger partial charge < -0.3 is 5.32 Å². The molecule has 2 aromatic rings. The van der Waals surface area contributed by atoms with Gasteiger partial charge in [0.1, 0.15) is 17.9 Å². The van der Waals surface area contributed by atoms with Crippen molar-refractivity contribution in [3.05, 3.63) is 35.4 Å². The molecular formula is C14H17F4N5O.